The second-order valence-corrected chi connectivity index (χ2v) is 4.84. The largest absolute Gasteiger partial charge is 0.407 e. The minimum atomic E-state index is 0.113. The number of nitrogens with zero attached hydrogens (tertiary/aromatic N) is 2. The second-order valence-electron chi connectivity index (χ2n) is 4.84. The van der Waals surface area contributed by atoms with Crippen molar-refractivity contribution in [1.82, 2.24) is 20.8 Å². The number of rotatable bonds is 6. The Bertz CT molecular complexity index is 429. The third-order valence-electron chi connectivity index (χ3n) is 3.17. The van der Waals surface area contributed by atoms with Crippen LogP contribution < -0.4 is 16.0 Å². The van der Waals surface area contributed by atoms with Gasteiger partial charge in [0.1, 0.15) is 0 Å². The molecule has 1 unspecified atom stereocenters. The van der Waals surface area contributed by atoms with Gasteiger partial charge in [-0.25, -0.2) is 0 Å². The van der Waals surface area contributed by atoms with Crippen molar-refractivity contribution >= 4 is 11.9 Å². The van der Waals surface area contributed by atoms with Gasteiger partial charge in [-0.05, 0) is 19.3 Å². The maximum Gasteiger partial charge on any atom is 0.315 e. The van der Waals surface area contributed by atoms with E-state index in [0.29, 0.717) is 37.5 Å². The molecule has 1 aliphatic heterocycles. The summed E-state index contributed by atoms with van der Waals surface area (Å²) >= 11 is 0. The highest BCUT2D eigenvalue weighted by Crippen LogP contribution is 2.19. The van der Waals surface area contributed by atoms with E-state index in [1.54, 1.807) is 0 Å². The summed E-state index contributed by atoms with van der Waals surface area (Å²) in [6.07, 6.45) is 3.93. The van der Waals surface area contributed by atoms with Crippen LogP contribution in [0.3, 0.4) is 0 Å². The molecule has 3 rings (SSSR count). The van der Waals surface area contributed by atoms with Crippen LogP contribution in [-0.2, 0) is 11.3 Å². The molecule has 2 fully saturated rings. The zero-order valence-corrected chi connectivity index (χ0v) is 10.1. The van der Waals surface area contributed by atoms with Gasteiger partial charge in [0.2, 0.25) is 11.8 Å². The molecule has 1 atom stereocenters. The molecular weight excluding hydrogens is 234 g/mol. The van der Waals surface area contributed by atoms with Crippen molar-refractivity contribution in [3.05, 3.63) is 5.89 Å². The van der Waals surface area contributed by atoms with E-state index >= 15 is 0 Å². The fourth-order valence-corrected chi connectivity index (χ4v) is 1.96. The maximum absolute atomic E-state index is 11.0. The Balaban J connectivity index is 1.42. The normalized spacial score (nSPS) is 23.1. The van der Waals surface area contributed by atoms with Crippen LogP contribution in [0.1, 0.15) is 31.6 Å². The zero-order chi connectivity index (χ0) is 12.4. The van der Waals surface area contributed by atoms with Gasteiger partial charge in [-0.3, -0.25) is 4.79 Å². The van der Waals surface area contributed by atoms with Crippen molar-refractivity contribution in [3.8, 4) is 0 Å². The Hall–Kier alpha value is -1.63. The zero-order valence-electron chi connectivity index (χ0n) is 10.1. The monoisotopic (exact) mass is 251 g/mol. The van der Waals surface area contributed by atoms with Gasteiger partial charge in [0.05, 0.1) is 6.54 Å². The highest BCUT2D eigenvalue weighted by atomic mass is 16.4. The lowest BCUT2D eigenvalue weighted by Crippen LogP contribution is -2.31. The van der Waals surface area contributed by atoms with Gasteiger partial charge >= 0.3 is 6.01 Å². The number of amides is 1. The fourth-order valence-electron chi connectivity index (χ4n) is 1.96. The molecule has 1 aromatic heterocycles. The predicted octanol–water partition coefficient (Wildman–Crippen LogP) is 0.0121. The SMILES string of the molecule is O=C1CCC(CNc2nnc(CNC3CC3)o2)N1. The lowest BCUT2D eigenvalue weighted by molar-refractivity contribution is -0.119. The minimum Gasteiger partial charge on any atom is -0.407 e. The molecular formula is C11H17N5O2. The van der Waals surface area contributed by atoms with Gasteiger partial charge < -0.3 is 20.4 Å². The molecule has 1 aromatic rings. The van der Waals surface area contributed by atoms with E-state index in [9.17, 15) is 4.79 Å². The van der Waals surface area contributed by atoms with Crippen LogP contribution in [0.2, 0.25) is 0 Å². The van der Waals surface area contributed by atoms with E-state index in [4.69, 9.17) is 4.42 Å². The molecule has 1 aliphatic carbocycles. The summed E-state index contributed by atoms with van der Waals surface area (Å²) in [5.41, 5.74) is 0. The Labute approximate surface area is 105 Å². The van der Waals surface area contributed by atoms with E-state index in [1.165, 1.54) is 12.8 Å². The molecule has 0 radical (unpaired) electrons. The molecule has 0 bridgehead atoms. The van der Waals surface area contributed by atoms with Crippen molar-refractivity contribution in [3.63, 3.8) is 0 Å². The average Bonchev–Trinajstić information content (AvgIpc) is 2.93. The summed E-state index contributed by atoms with van der Waals surface area (Å²) in [6.45, 7) is 1.25. The number of carbonyl (C=O) groups is 1. The van der Waals surface area contributed by atoms with Gasteiger partial charge in [-0.2, -0.15) is 0 Å². The van der Waals surface area contributed by atoms with Crippen molar-refractivity contribution < 1.29 is 9.21 Å². The first-order chi connectivity index (χ1) is 8.79. The van der Waals surface area contributed by atoms with Crippen LogP contribution in [0.25, 0.3) is 0 Å². The summed E-state index contributed by atoms with van der Waals surface area (Å²) in [5.74, 6) is 0.710. The topological polar surface area (TPSA) is 92.1 Å². The molecule has 0 aromatic carbocycles. The number of hydrogen-bond donors (Lipinski definition) is 3. The first kappa shape index (κ1) is 11.5. The lowest BCUT2D eigenvalue weighted by atomic mass is 10.2. The van der Waals surface area contributed by atoms with Crippen LogP contribution in [0, 0.1) is 0 Å². The van der Waals surface area contributed by atoms with Crippen LogP contribution in [0.15, 0.2) is 4.42 Å². The van der Waals surface area contributed by atoms with Crippen molar-refractivity contribution in [2.75, 3.05) is 11.9 Å². The van der Waals surface area contributed by atoms with Crippen LogP contribution >= 0.6 is 0 Å². The molecule has 98 valence electrons. The van der Waals surface area contributed by atoms with Gasteiger partial charge in [-0.1, -0.05) is 5.10 Å². The average molecular weight is 251 g/mol. The van der Waals surface area contributed by atoms with Crippen molar-refractivity contribution in [2.24, 2.45) is 0 Å². The Morgan fingerprint density at radius 2 is 2.22 bits per heavy atom. The standard InChI is InChI=1S/C11H17N5O2/c17-9-4-3-8(14-9)5-13-11-16-15-10(18-11)6-12-7-1-2-7/h7-8,12H,1-6H2,(H,13,16)(H,14,17). The Morgan fingerprint density at radius 1 is 1.33 bits per heavy atom. The molecule has 0 spiro atoms. The van der Waals surface area contributed by atoms with Crippen molar-refractivity contribution in [2.45, 2.75) is 44.3 Å². The predicted molar refractivity (Wildman–Crippen MR) is 63.8 cm³/mol. The quantitative estimate of drug-likeness (QED) is 0.659. The molecule has 2 heterocycles. The molecule has 18 heavy (non-hydrogen) atoms. The third kappa shape index (κ3) is 2.98. The highest BCUT2D eigenvalue weighted by Gasteiger charge is 2.22. The molecule has 1 amide bonds. The lowest BCUT2D eigenvalue weighted by Gasteiger charge is -2.08. The Kier molecular flexibility index (Phi) is 3.14. The van der Waals surface area contributed by atoms with Crippen LogP contribution in [-0.4, -0.2) is 34.7 Å². The molecule has 3 N–H and O–H groups in total. The summed E-state index contributed by atoms with van der Waals surface area (Å²) in [7, 11) is 0. The molecule has 2 aliphatic rings. The Morgan fingerprint density at radius 3 is 2.94 bits per heavy atom. The van der Waals surface area contributed by atoms with Crippen LogP contribution in [0.5, 0.6) is 0 Å². The third-order valence-corrected chi connectivity index (χ3v) is 3.17. The van der Waals surface area contributed by atoms with E-state index in [2.05, 4.69) is 26.1 Å². The number of nitrogens with one attached hydrogen (secondary N) is 3. The van der Waals surface area contributed by atoms with Gasteiger partial charge in [0.15, 0.2) is 0 Å². The summed E-state index contributed by atoms with van der Waals surface area (Å²) in [4.78, 5) is 11.0. The van der Waals surface area contributed by atoms with Crippen molar-refractivity contribution in [1.29, 1.82) is 0 Å². The molecule has 1 saturated heterocycles. The van der Waals surface area contributed by atoms with Gasteiger partial charge in [0.25, 0.3) is 0 Å². The van der Waals surface area contributed by atoms with E-state index in [1.807, 2.05) is 0 Å². The maximum atomic E-state index is 11.0. The minimum absolute atomic E-state index is 0.113. The van der Waals surface area contributed by atoms with E-state index in [0.717, 1.165) is 6.42 Å². The molecule has 7 nitrogen and oxygen atoms in total. The second kappa shape index (κ2) is 4.93. The fraction of sp³-hybridized carbons (Fsp3) is 0.727. The first-order valence-electron chi connectivity index (χ1n) is 6.38. The highest BCUT2D eigenvalue weighted by molar-refractivity contribution is 5.78. The molecule has 7 heteroatoms. The summed E-state index contributed by atoms with van der Waals surface area (Å²) in [5, 5.41) is 17.1. The first-order valence-corrected chi connectivity index (χ1v) is 6.38. The van der Waals surface area contributed by atoms with E-state index in [-0.39, 0.29) is 11.9 Å². The number of carbonyl (C=O) groups excluding carboxylic acids is 1. The number of hydrogen-bond acceptors (Lipinski definition) is 6. The molecule has 1 saturated carbocycles. The van der Waals surface area contributed by atoms with Gasteiger partial charge in [0, 0.05) is 25.0 Å². The summed E-state index contributed by atoms with van der Waals surface area (Å²) in [6, 6.07) is 1.21. The summed E-state index contributed by atoms with van der Waals surface area (Å²) < 4.78 is 5.44. The van der Waals surface area contributed by atoms with Crippen LogP contribution in [0.4, 0.5) is 6.01 Å². The number of anilines is 1. The number of aromatic nitrogens is 2. The smallest absolute Gasteiger partial charge is 0.315 e. The van der Waals surface area contributed by atoms with Gasteiger partial charge in [-0.15, -0.1) is 5.10 Å². The van der Waals surface area contributed by atoms with E-state index < -0.39 is 0 Å².